The number of carbonyl (C=O) groups is 1. The average Bonchev–Trinajstić information content (AvgIpc) is 3.39. The molecule has 0 bridgehead atoms. The molecule has 3 nitrogen and oxygen atoms in total. The van der Waals surface area contributed by atoms with Crippen LogP contribution in [-0.2, 0) is 4.79 Å². The first-order chi connectivity index (χ1) is 11.6. The molecule has 5 heteroatoms. The molecule has 0 aromatic heterocycles. The van der Waals surface area contributed by atoms with E-state index in [4.69, 9.17) is 0 Å². The molecule has 2 aromatic carbocycles. The van der Waals surface area contributed by atoms with Crippen LogP contribution in [0.4, 0.5) is 8.78 Å². The predicted octanol–water partition coefficient (Wildman–Crippen LogP) is 3.31. The molecule has 1 aliphatic rings. The van der Waals surface area contributed by atoms with Gasteiger partial charge >= 0.3 is 0 Å². The van der Waals surface area contributed by atoms with Crippen LogP contribution in [0.5, 0.6) is 0 Å². The van der Waals surface area contributed by atoms with Gasteiger partial charge in [-0.3, -0.25) is 4.79 Å². The zero-order valence-corrected chi connectivity index (χ0v) is 13.1. The molecule has 0 aliphatic heterocycles. The number of aliphatic hydroxyl groups is 1. The third-order valence-electron chi connectivity index (χ3n) is 4.34. The van der Waals surface area contributed by atoms with Crippen molar-refractivity contribution in [3.05, 3.63) is 71.3 Å². The minimum Gasteiger partial charge on any atom is -0.386 e. The molecule has 24 heavy (non-hydrogen) atoms. The Balaban J connectivity index is 1.68. The molecule has 2 aromatic rings. The Bertz CT molecular complexity index is 696. The number of benzene rings is 2. The van der Waals surface area contributed by atoms with E-state index in [1.165, 1.54) is 6.07 Å². The van der Waals surface area contributed by atoms with E-state index in [0.717, 1.165) is 30.5 Å². The molecule has 2 atom stereocenters. The number of hydrogen-bond donors (Lipinski definition) is 2. The van der Waals surface area contributed by atoms with Crippen LogP contribution in [0.25, 0.3) is 0 Å². The van der Waals surface area contributed by atoms with Crippen LogP contribution in [-0.4, -0.2) is 17.6 Å². The van der Waals surface area contributed by atoms with Crippen molar-refractivity contribution in [2.24, 2.45) is 5.92 Å². The zero-order valence-electron chi connectivity index (χ0n) is 13.1. The van der Waals surface area contributed by atoms with Gasteiger partial charge in [0.2, 0.25) is 5.91 Å². The van der Waals surface area contributed by atoms with Crippen molar-refractivity contribution in [1.82, 2.24) is 5.32 Å². The van der Waals surface area contributed by atoms with Crippen LogP contribution in [0.1, 0.15) is 36.0 Å². The second-order valence-electron chi connectivity index (χ2n) is 6.12. The maximum atomic E-state index is 13.7. The molecular formula is C19H19F2NO2. The highest BCUT2D eigenvalue weighted by Gasteiger charge is 2.37. The Kier molecular flexibility index (Phi) is 4.90. The van der Waals surface area contributed by atoms with Crippen molar-refractivity contribution in [2.45, 2.75) is 24.9 Å². The summed E-state index contributed by atoms with van der Waals surface area (Å²) in [5.74, 6) is -1.87. The second kappa shape index (κ2) is 7.09. The highest BCUT2D eigenvalue weighted by molar-refractivity contribution is 5.84. The van der Waals surface area contributed by atoms with Gasteiger partial charge in [0.25, 0.3) is 0 Å². The lowest BCUT2D eigenvalue weighted by Crippen LogP contribution is -2.34. The standard InChI is InChI=1S/C19H19F2NO2/c20-14-7-4-8-15(21)18(14)16(23)11-22-19(24)17(13-9-10-13)12-5-2-1-3-6-12/h1-8,13,16-17,23H,9-11H2,(H,22,24). The maximum absolute atomic E-state index is 13.7. The van der Waals surface area contributed by atoms with Crippen LogP contribution in [0.15, 0.2) is 48.5 Å². The Labute approximate surface area is 139 Å². The van der Waals surface area contributed by atoms with Gasteiger partial charge in [0, 0.05) is 6.54 Å². The lowest BCUT2D eigenvalue weighted by Gasteiger charge is -2.19. The molecular weight excluding hydrogens is 312 g/mol. The van der Waals surface area contributed by atoms with Gasteiger partial charge in [0.15, 0.2) is 0 Å². The summed E-state index contributed by atoms with van der Waals surface area (Å²) in [6.45, 7) is -0.229. The van der Waals surface area contributed by atoms with E-state index in [1.54, 1.807) is 0 Å². The second-order valence-corrected chi connectivity index (χ2v) is 6.12. The van der Waals surface area contributed by atoms with E-state index in [1.807, 2.05) is 30.3 Å². The minimum absolute atomic E-state index is 0.223. The lowest BCUT2D eigenvalue weighted by atomic mass is 9.93. The molecule has 126 valence electrons. The van der Waals surface area contributed by atoms with Crippen LogP contribution in [0.2, 0.25) is 0 Å². The van der Waals surface area contributed by atoms with Gasteiger partial charge in [-0.15, -0.1) is 0 Å². The summed E-state index contributed by atoms with van der Waals surface area (Å²) >= 11 is 0. The summed E-state index contributed by atoms with van der Waals surface area (Å²) in [6, 6.07) is 12.8. The predicted molar refractivity (Wildman–Crippen MR) is 86.2 cm³/mol. The number of hydrogen-bond acceptors (Lipinski definition) is 2. The van der Waals surface area contributed by atoms with Gasteiger partial charge in [0.05, 0.1) is 11.5 Å². The molecule has 2 unspecified atom stereocenters. The average molecular weight is 331 g/mol. The van der Waals surface area contributed by atoms with E-state index >= 15 is 0 Å². The first-order valence-electron chi connectivity index (χ1n) is 8.02. The fraction of sp³-hybridized carbons (Fsp3) is 0.316. The summed E-state index contributed by atoms with van der Waals surface area (Å²) < 4.78 is 27.3. The first kappa shape index (κ1) is 16.6. The molecule has 1 fully saturated rings. The fourth-order valence-electron chi connectivity index (χ4n) is 2.97. The van der Waals surface area contributed by atoms with E-state index < -0.39 is 23.3 Å². The van der Waals surface area contributed by atoms with Crippen molar-refractivity contribution in [3.63, 3.8) is 0 Å². The van der Waals surface area contributed by atoms with E-state index in [0.29, 0.717) is 0 Å². The Morgan fingerprint density at radius 2 is 1.71 bits per heavy atom. The van der Waals surface area contributed by atoms with Crippen molar-refractivity contribution >= 4 is 5.91 Å². The van der Waals surface area contributed by atoms with Crippen molar-refractivity contribution in [3.8, 4) is 0 Å². The maximum Gasteiger partial charge on any atom is 0.227 e. The molecule has 1 saturated carbocycles. The van der Waals surface area contributed by atoms with Crippen LogP contribution in [0, 0.1) is 17.6 Å². The minimum atomic E-state index is -1.43. The highest BCUT2D eigenvalue weighted by atomic mass is 19.1. The number of rotatable bonds is 6. The molecule has 3 rings (SSSR count). The van der Waals surface area contributed by atoms with Gasteiger partial charge in [-0.05, 0) is 36.5 Å². The molecule has 0 heterocycles. The number of carbonyl (C=O) groups excluding carboxylic acids is 1. The molecule has 0 spiro atoms. The van der Waals surface area contributed by atoms with Gasteiger partial charge < -0.3 is 10.4 Å². The van der Waals surface area contributed by atoms with E-state index in [-0.39, 0.29) is 24.3 Å². The summed E-state index contributed by atoms with van der Waals surface area (Å²) in [7, 11) is 0. The molecule has 1 aliphatic carbocycles. The lowest BCUT2D eigenvalue weighted by molar-refractivity contribution is -0.123. The number of aliphatic hydroxyl groups excluding tert-OH is 1. The smallest absolute Gasteiger partial charge is 0.227 e. The monoisotopic (exact) mass is 331 g/mol. The molecule has 0 radical (unpaired) electrons. The van der Waals surface area contributed by atoms with Crippen LogP contribution >= 0.6 is 0 Å². The third kappa shape index (κ3) is 3.62. The molecule has 1 amide bonds. The number of nitrogens with one attached hydrogen (secondary N) is 1. The topological polar surface area (TPSA) is 49.3 Å². The quantitative estimate of drug-likeness (QED) is 0.853. The van der Waals surface area contributed by atoms with Crippen LogP contribution < -0.4 is 5.32 Å². The summed E-state index contributed by atoms with van der Waals surface area (Å²) in [6.07, 6.45) is 0.542. The van der Waals surface area contributed by atoms with E-state index in [2.05, 4.69) is 5.32 Å². The SMILES string of the molecule is O=C(NCC(O)c1c(F)cccc1F)C(c1ccccc1)C1CC1. The van der Waals surface area contributed by atoms with Crippen molar-refractivity contribution < 1.29 is 18.7 Å². The Morgan fingerprint density at radius 1 is 1.08 bits per heavy atom. The van der Waals surface area contributed by atoms with Gasteiger partial charge in [0.1, 0.15) is 17.7 Å². The number of halogens is 2. The Hall–Kier alpha value is -2.27. The highest BCUT2D eigenvalue weighted by Crippen LogP contribution is 2.42. The largest absolute Gasteiger partial charge is 0.386 e. The summed E-state index contributed by atoms with van der Waals surface area (Å²) in [5.41, 5.74) is 0.504. The Morgan fingerprint density at radius 3 is 2.29 bits per heavy atom. The fourth-order valence-corrected chi connectivity index (χ4v) is 2.97. The van der Waals surface area contributed by atoms with E-state index in [9.17, 15) is 18.7 Å². The third-order valence-corrected chi connectivity index (χ3v) is 4.34. The summed E-state index contributed by atoms with van der Waals surface area (Å²) in [5, 5.41) is 12.7. The van der Waals surface area contributed by atoms with Gasteiger partial charge in [-0.1, -0.05) is 36.4 Å². The number of amides is 1. The van der Waals surface area contributed by atoms with Crippen molar-refractivity contribution in [2.75, 3.05) is 6.54 Å². The van der Waals surface area contributed by atoms with Crippen LogP contribution in [0.3, 0.4) is 0 Å². The zero-order chi connectivity index (χ0) is 17.1. The molecule has 2 N–H and O–H groups in total. The van der Waals surface area contributed by atoms with Crippen molar-refractivity contribution in [1.29, 1.82) is 0 Å². The van der Waals surface area contributed by atoms with Gasteiger partial charge in [-0.2, -0.15) is 0 Å². The summed E-state index contributed by atoms with van der Waals surface area (Å²) in [4.78, 5) is 12.5. The first-order valence-corrected chi connectivity index (χ1v) is 8.02. The normalized spacial score (nSPS) is 16.5. The molecule has 0 saturated heterocycles. The van der Waals surface area contributed by atoms with Gasteiger partial charge in [-0.25, -0.2) is 8.78 Å².